The molecule has 1 aliphatic rings. The molecule has 2 atom stereocenters. The van der Waals surface area contributed by atoms with Crippen molar-refractivity contribution in [2.75, 3.05) is 13.1 Å². The third-order valence-electron chi connectivity index (χ3n) is 3.98. The molecule has 100 valence electrons. The topological polar surface area (TPSA) is 29.3 Å². The smallest absolute Gasteiger partial charge is 0.0402 e. The van der Waals surface area contributed by atoms with E-state index >= 15 is 0 Å². The summed E-state index contributed by atoms with van der Waals surface area (Å²) in [5, 5.41) is 0. The summed E-state index contributed by atoms with van der Waals surface area (Å²) >= 11 is 3.70. The first-order chi connectivity index (χ1) is 8.65. The zero-order valence-electron chi connectivity index (χ0n) is 11.3. The minimum absolute atomic E-state index is 0.458. The second-order valence-corrected chi connectivity index (χ2v) is 6.29. The molecule has 0 aromatic heterocycles. The van der Waals surface area contributed by atoms with E-state index in [4.69, 9.17) is 5.73 Å². The highest BCUT2D eigenvalue weighted by Gasteiger charge is 2.33. The Kier molecular flexibility index (Phi) is 4.82. The summed E-state index contributed by atoms with van der Waals surface area (Å²) < 4.78 is 1.21. The van der Waals surface area contributed by atoms with E-state index in [1.54, 1.807) is 0 Å². The molecule has 0 aliphatic carbocycles. The number of halogens is 1. The van der Waals surface area contributed by atoms with E-state index in [-0.39, 0.29) is 0 Å². The molecule has 1 heterocycles. The molecular weight excluding hydrogens is 288 g/mol. The second-order valence-electron chi connectivity index (χ2n) is 5.44. The first-order valence-electron chi connectivity index (χ1n) is 6.85. The van der Waals surface area contributed by atoms with Gasteiger partial charge in [-0.05, 0) is 57.3 Å². The number of hydrogen-bond donors (Lipinski definition) is 1. The maximum atomic E-state index is 6.00. The molecule has 1 aromatic carbocycles. The zero-order valence-corrected chi connectivity index (χ0v) is 12.9. The average Bonchev–Trinajstić information content (AvgIpc) is 2.38. The molecule has 18 heavy (non-hydrogen) atoms. The fourth-order valence-corrected chi connectivity index (χ4v) is 3.60. The van der Waals surface area contributed by atoms with E-state index < -0.39 is 0 Å². The fourth-order valence-electron chi connectivity index (χ4n) is 3.08. The van der Waals surface area contributed by atoms with Crippen LogP contribution in [0.1, 0.15) is 38.3 Å². The molecule has 2 nitrogen and oxygen atoms in total. The van der Waals surface area contributed by atoms with Crippen LogP contribution < -0.4 is 5.73 Å². The molecule has 1 saturated heterocycles. The number of piperidine rings is 1. The van der Waals surface area contributed by atoms with Gasteiger partial charge in [-0.2, -0.15) is 0 Å². The molecule has 3 heteroatoms. The van der Waals surface area contributed by atoms with Crippen molar-refractivity contribution >= 4 is 15.9 Å². The molecule has 0 saturated carbocycles. The van der Waals surface area contributed by atoms with Gasteiger partial charge >= 0.3 is 0 Å². The average molecular weight is 311 g/mol. The number of likely N-dealkylation sites (tertiary alicyclic amines) is 1. The molecule has 2 N–H and O–H groups in total. The standard InChI is InChI=1S/C15H23BrN2/c1-11(2)18-9-5-6-12(10-17)15(18)13-7-3-4-8-14(13)16/h3-4,7-8,11-12,15H,5-6,9-10,17H2,1-2H3. The van der Waals surface area contributed by atoms with Crippen molar-refractivity contribution in [3.05, 3.63) is 34.3 Å². The molecule has 2 unspecified atom stereocenters. The Morgan fingerprint density at radius 1 is 1.39 bits per heavy atom. The summed E-state index contributed by atoms with van der Waals surface area (Å²) in [4.78, 5) is 2.60. The summed E-state index contributed by atoms with van der Waals surface area (Å²) in [6.07, 6.45) is 2.51. The lowest BCUT2D eigenvalue weighted by Gasteiger charge is -2.44. The summed E-state index contributed by atoms with van der Waals surface area (Å²) in [5.41, 5.74) is 7.39. The van der Waals surface area contributed by atoms with Gasteiger partial charge < -0.3 is 5.73 Å². The summed E-state index contributed by atoms with van der Waals surface area (Å²) in [7, 11) is 0. The van der Waals surface area contributed by atoms with E-state index in [2.05, 4.69) is 58.9 Å². The lowest BCUT2D eigenvalue weighted by molar-refractivity contribution is 0.0661. The Bertz CT molecular complexity index is 392. The van der Waals surface area contributed by atoms with Crippen molar-refractivity contribution in [3.63, 3.8) is 0 Å². The van der Waals surface area contributed by atoms with Gasteiger partial charge in [0.2, 0.25) is 0 Å². The van der Waals surface area contributed by atoms with Gasteiger partial charge in [-0.3, -0.25) is 4.90 Å². The minimum Gasteiger partial charge on any atom is -0.330 e. The molecule has 0 bridgehead atoms. The lowest BCUT2D eigenvalue weighted by atomic mass is 9.84. The van der Waals surface area contributed by atoms with Crippen molar-refractivity contribution in [2.45, 2.75) is 38.8 Å². The number of hydrogen-bond acceptors (Lipinski definition) is 2. The van der Waals surface area contributed by atoms with Crippen LogP contribution in [0.15, 0.2) is 28.7 Å². The van der Waals surface area contributed by atoms with Crippen molar-refractivity contribution in [1.29, 1.82) is 0 Å². The van der Waals surface area contributed by atoms with Crippen LogP contribution in [0, 0.1) is 5.92 Å². The third kappa shape index (κ3) is 2.79. The van der Waals surface area contributed by atoms with Gasteiger partial charge in [0.05, 0.1) is 0 Å². The lowest BCUT2D eigenvalue weighted by Crippen LogP contribution is -2.45. The van der Waals surface area contributed by atoms with Crippen LogP contribution in [0.4, 0.5) is 0 Å². The normalized spacial score (nSPS) is 25.6. The first-order valence-corrected chi connectivity index (χ1v) is 7.64. The predicted octanol–water partition coefficient (Wildman–Crippen LogP) is 3.57. The molecule has 2 rings (SSSR count). The van der Waals surface area contributed by atoms with Crippen LogP contribution in [0.5, 0.6) is 0 Å². The van der Waals surface area contributed by atoms with Gasteiger partial charge in [-0.25, -0.2) is 0 Å². The Balaban J connectivity index is 2.37. The minimum atomic E-state index is 0.458. The van der Waals surface area contributed by atoms with Gasteiger partial charge in [0, 0.05) is 16.6 Å². The molecule has 0 amide bonds. The quantitative estimate of drug-likeness (QED) is 0.924. The van der Waals surface area contributed by atoms with Crippen molar-refractivity contribution in [2.24, 2.45) is 11.7 Å². The van der Waals surface area contributed by atoms with E-state index in [0.29, 0.717) is 18.0 Å². The largest absolute Gasteiger partial charge is 0.330 e. The highest BCUT2D eigenvalue weighted by molar-refractivity contribution is 9.10. The Morgan fingerprint density at radius 3 is 2.72 bits per heavy atom. The zero-order chi connectivity index (χ0) is 13.1. The van der Waals surface area contributed by atoms with Crippen LogP contribution in [-0.2, 0) is 0 Å². The molecule has 0 spiro atoms. The van der Waals surface area contributed by atoms with E-state index in [1.807, 2.05) is 0 Å². The van der Waals surface area contributed by atoms with E-state index in [1.165, 1.54) is 29.4 Å². The second kappa shape index (κ2) is 6.18. The third-order valence-corrected chi connectivity index (χ3v) is 4.71. The van der Waals surface area contributed by atoms with Gasteiger partial charge in [0.25, 0.3) is 0 Å². The summed E-state index contributed by atoms with van der Waals surface area (Å²) in [6, 6.07) is 9.60. The highest BCUT2D eigenvalue weighted by atomic mass is 79.9. The van der Waals surface area contributed by atoms with Gasteiger partial charge in [0.15, 0.2) is 0 Å². The SMILES string of the molecule is CC(C)N1CCCC(CN)C1c1ccccc1Br. The monoisotopic (exact) mass is 310 g/mol. The van der Waals surface area contributed by atoms with E-state index in [0.717, 1.165) is 6.54 Å². The van der Waals surface area contributed by atoms with Crippen LogP contribution in [0.2, 0.25) is 0 Å². The highest BCUT2D eigenvalue weighted by Crippen LogP contribution is 2.39. The summed E-state index contributed by atoms with van der Waals surface area (Å²) in [5.74, 6) is 0.569. The van der Waals surface area contributed by atoms with E-state index in [9.17, 15) is 0 Å². The van der Waals surface area contributed by atoms with Crippen LogP contribution in [0.25, 0.3) is 0 Å². The van der Waals surface area contributed by atoms with Crippen LogP contribution in [0.3, 0.4) is 0 Å². The number of benzene rings is 1. The van der Waals surface area contributed by atoms with Gasteiger partial charge in [-0.15, -0.1) is 0 Å². The molecule has 0 radical (unpaired) electrons. The molecule has 1 aliphatic heterocycles. The number of nitrogens with two attached hydrogens (primary N) is 1. The molecule has 1 aromatic rings. The van der Waals surface area contributed by atoms with Crippen molar-refractivity contribution in [1.82, 2.24) is 4.90 Å². The van der Waals surface area contributed by atoms with Crippen LogP contribution >= 0.6 is 15.9 Å². The van der Waals surface area contributed by atoms with Crippen LogP contribution in [-0.4, -0.2) is 24.0 Å². The first kappa shape index (κ1) is 14.0. The van der Waals surface area contributed by atoms with Gasteiger partial charge in [0.1, 0.15) is 0 Å². The number of rotatable bonds is 3. The molecular formula is C15H23BrN2. The number of nitrogens with zero attached hydrogens (tertiary/aromatic N) is 1. The summed E-state index contributed by atoms with van der Waals surface area (Å²) in [6.45, 7) is 6.51. The Morgan fingerprint density at radius 2 is 2.11 bits per heavy atom. The maximum absolute atomic E-state index is 6.00. The Hall–Kier alpha value is -0.380. The van der Waals surface area contributed by atoms with Crippen molar-refractivity contribution in [3.8, 4) is 0 Å². The Labute approximate surface area is 119 Å². The van der Waals surface area contributed by atoms with Gasteiger partial charge in [-0.1, -0.05) is 34.1 Å². The van der Waals surface area contributed by atoms with Crippen molar-refractivity contribution < 1.29 is 0 Å². The molecule has 1 fully saturated rings. The fraction of sp³-hybridized carbons (Fsp3) is 0.600. The predicted molar refractivity (Wildman–Crippen MR) is 80.5 cm³/mol. The maximum Gasteiger partial charge on any atom is 0.0402 e.